The quantitative estimate of drug-likeness (QED) is 0.784. The number of rotatable bonds is 3. The summed E-state index contributed by atoms with van der Waals surface area (Å²) in [6.45, 7) is 4.77. The Kier molecular flexibility index (Phi) is 2.71. The van der Waals surface area contributed by atoms with Crippen molar-refractivity contribution in [2.24, 2.45) is 0 Å². The lowest BCUT2D eigenvalue weighted by atomic mass is 10.3. The third-order valence-corrected chi connectivity index (χ3v) is 3.68. The van der Waals surface area contributed by atoms with E-state index in [9.17, 15) is 0 Å². The van der Waals surface area contributed by atoms with Gasteiger partial charge in [-0.1, -0.05) is 0 Å². The van der Waals surface area contributed by atoms with E-state index in [0.717, 1.165) is 11.3 Å². The summed E-state index contributed by atoms with van der Waals surface area (Å²) in [6, 6.07) is 4.02. The van der Waals surface area contributed by atoms with Gasteiger partial charge in [0.15, 0.2) is 5.65 Å². The number of pyridine rings is 1. The fourth-order valence-electron chi connectivity index (χ4n) is 1.71. The van der Waals surface area contributed by atoms with E-state index in [1.54, 1.807) is 15.9 Å². The number of hydrogen-bond donors (Lipinski definition) is 1. The van der Waals surface area contributed by atoms with Gasteiger partial charge in [-0.2, -0.15) is 4.98 Å². The van der Waals surface area contributed by atoms with Crippen LogP contribution in [0.25, 0.3) is 5.65 Å². The van der Waals surface area contributed by atoms with Crippen LogP contribution in [0.1, 0.15) is 16.1 Å². The van der Waals surface area contributed by atoms with Crippen molar-refractivity contribution in [2.45, 2.75) is 20.4 Å². The molecule has 3 heterocycles. The Bertz CT molecular complexity index is 685. The van der Waals surface area contributed by atoms with Crippen molar-refractivity contribution in [3.63, 3.8) is 0 Å². The average molecular weight is 259 g/mol. The van der Waals surface area contributed by atoms with Crippen LogP contribution in [0.3, 0.4) is 0 Å². The van der Waals surface area contributed by atoms with Crippen LogP contribution < -0.4 is 5.32 Å². The Balaban J connectivity index is 1.81. The van der Waals surface area contributed by atoms with Gasteiger partial charge in [0, 0.05) is 11.1 Å². The topological polar surface area (TPSA) is 55.1 Å². The van der Waals surface area contributed by atoms with Crippen LogP contribution in [-0.4, -0.2) is 19.6 Å². The molecule has 0 radical (unpaired) electrons. The lowest BCUT2D eigenvalue weighted by Gasteiger charge is -1.98. The number of thiazole rings is 1. The first-order valence-corrected chi connectivity index (χ1v) is 6.56. The van der Waals surface area contributed by atoms with Crippen molar-refractivity contribution < 1.29 is 0 Å². The second kappa shape index (κ2) is 4.38. The van der Waals surface area contributed by atoms with Gasteiger partial charge in [0.2, 0.25) is 5.95 Å². The maximum atomic E-state index is 4.43. The van der Waals surface area contributed by atoms with Crippen molar-refractivity contribution in [2.75, 3.05) is 5.32 Å². The van der Waals surface area contributed by atoms with Crippen LogP contribution in [0, 0.1) is 13.8 Å². The molecule has 0 unspecified atom stereocenters. The molecule has 0 saturated carbocycles. The second-order valence-corrected chi connectivity index (χ2v) is 5.10. The van der Waals surface area contributed by atoms with Crippen molar-refractivity contribution >= 4 is 22.9 Å². The second-order valence-electron chi connectivity index (χ2n) is 4.16. The molecule has 0 aliphatic heterocycles. The van der Waals surface area contributed by atoms with Gasteiger partial charge in [0.05, 0.1) is 17.7 Å². The summed E-state index contributed by atoms with van der Waals surface area (Å²) in [7, 11) is 0. The summed E-state index contributed by atoms with van der Waals surface area (Å²) < 4.78 is 1.77. The van der Waals surface area contributed by atoms with Gasteiger partial charge in [-0.15, -0.1) is 16.4 Å². The van der Waals surface area contributed by atoms with Gasteiger partial charge in [-0.25, -0.2) is 9.50 Å². The summed E-state index contributed by atoms with van der Waals surface area (Å²) >= 11 is 1.64. The van der Waals surface area contributed by atoms with Gasteiger partial charge in [0.1, 0.15) is 0 Å². The van der Waals surface area contributed by atoms with E-state index in [1.807, 2.05) is 37.7 Å². The zero-order chi connectivity index (χ0) is 12.5. The first kappa shape index (κ1) is 11.2. The average Bonchev–Trinajstić information content (AvgIpc) is 2.92. The van der Waals surface area contributed by atoms with Gasteiger partial charge in [-0.05, 0) is 31.5 Å². The molecule has 0 bridgehead atoms. The van der Waals surface area contributed by atoms with Crippen LogP contribution in [-0.2, 0) is 6.54 Å². The lowest BCUT2D eigenvalue weighted by molar-refractivity contribution is 0.948. The highest BCUT2D eigenvalue weighted by Crippen LogP contribution is 2.14. The highest BCUT2D eigenvalue weighted by molar-refractivity contribution is 7.09. The van der Waals surface area contributed by atoms with Crippen LogP contribution in [0.5, 0.6) is 0 Å². The number of nitrogens with one attached hydrogen (secondary N) is 1. The standard InChI is InChI=1S/C12H13N5S/c1-8-3-4-17-11(5-8)15-12(16-17)13-6-10-9(2)14-7-18-10/h3-5,7H,6H2,1-2H3,(H,13,16). The lowest BCUT2D eigenvalue weighted by Crippen LogP contribution is -2.00. The monoisotopic (exact) mass is 259 g/mol. The summed E-state index contributed by atoms with van der Waals surface area (Å²) in [4.78, 5) is 9.86. The molecular formula is C12H13N5S. The molecule has 18 heavy (non-hydrogen) atoms. The van der Waals surface area contributed by atoms with Crippen LogP contribution in [0.2, 0.25) is 0 Å². The fourth-order valence-corrected chi connectivity index (χ4v) is 2.43. The van der Waals surface area contributed by atoms with Crippen LogP contribution in [0.15, 0.2) is 23.8 Å². The molecular weight excluding hydrogens is 246 g/mol. The third-order valence-electron chi connectivity index (χ3n) is 2.74. The Morgan fingerprint density at radius 2 is 2.28 bits per heavy atom. The van der Waals surface area contributed by atoms with Gasteiger partial charge in [0.25, 0.3) is 0 Å². The predicted octanol–water partition coefficient (Wildman–Crippen LogP) is 2.41. The van der Waals surface area contributed by atoms with Crippen molar-refractivity contribution in [3.8, 4) is 0 Å². The minimum absolute atomic E-state index is 0.647. The van der Waals surface area contributed by atoms with E-state index in [4.69, 9.17) is 0 Å². The summed E-state index contributed by atoms with van der Waals surface area (Å²) in [6.07, 6.45) is 1.92. The third kappa shape index (κ3) is 2.06. The highest BCUT2D eigenvalue weighted by Gasteiger charge is 2.05. The molecule has 0 amide bonds. The maximum Gasteiger partial charge on any atom is 0.243 e. The highest BCUT2D eigenvalue weighted by atomic mass is 32.1. The Hall–Kier alpha value is -1.95. The van der Waals surface area contributed by atoms with E-state index in [2.05, 4.69) is 20.4 Å². The fraction of sp³-hybridized carbons (Fsp3) is 0.250. The van der Waals surface area contributed by atoms with E-state index in [-0.39, 0.29) is 0 Å². The number of hydrogen-bond acceptors (Lipinski definition) is 5. The summed E-state index contributed by atoms with van der Waals surface area (Å²) in [5.41, 5.74) is 4.96. The van der Waals surface area contributed by atoms with Gasteiger partial charge in [-0.3, -0.25) is 0 Å². The molecule has 92 valence electrons. The minimum atomic E-state index is 0.647. The summed E-state index contributed by atoms with van der Waals surface area (Å²) in [5.74, 6) is 0.647. The number of fused-ring (bicyclic) bond motifs is 1. The molecule has 3 aromatic rings. The molecule has 0 aromatic carbocycles. The Labute approximate surface area is 109 Å². The molecule has 5 nitrogen and oxygen atoms in total. The predicted molar refractivity (Wildman–Crippen MR) is 71.9 cm³/mol. The molecule has 0 saturated heterocycles. The molecule has 0 aliphatic carbocycles. The number of aryl methyl sites for hydroxylation is 2. The molecule has 0 aliphatic rings. The molecule has 6 heteroatoms. The van der Waals surface area contributed by atoms with E-state index >= 15 is 0 Å². The SMILES string of the molecule is Cc1ccn2nc(NCc3scnc3C)nc2c1. The van der Waals surface area contributed by atoms with Crippen molar-refractivity contribution in [1.82, 2.24) is 19.6 Å². The molecule has 0 atom stereocenters. The molecule has 1 N–H and O–H groups in total. The van der Waals surface area contributed by atoms with E-state index in [0.29, 0.717) is 12.5 Å². The van der Waals surface area contributed by atoms with Gasteiger partial charge < -0.3 is 5.32 Å². The molecule has 0 spiro atoms. The summed E-state index contributed by atoms with van der Waals surface area (Å²) in [5, 5.41) is 7.59. The van der Waals surface area contributed by atoms with Crippen molar-refractivity contribution in [1.29, 1.82) is 0 Å². The van der Waals surface area contributed by atoms with Crippen molar-refractivity contribution in [3.05, 3.63) is 40.0 Å². The van der Waals surface area contributed by atoms with E-state index < -0.39 is 0 Å². The maximum absolute atomic E-state index is 4.43. The zero-order valence-corrected chi connectivity index (χ0v) is 11.0. The smallest absolute Gasteiger partial charge is 0.243 e. The van der Waals surface area contributed by atoms with Crippen LogP contribution >= 0.6 is 11.3 Å². The molecule has 3 aromatic heterocycles. The number of aromatic nitrogens is 4. The zero-order valence-electron chi connectivity index (χ0n) is 10.2. The van der Waals surface area contributed by atoms with Crippen LogP contribution in [0.4, 0.5) is 5.95 Å². The minimum Gasteiger partial charge on any atom is -0.348 e. The Morgan fingerprint density at radius 1 is 1.39 bits per heavy atom. The molecule has 0 fully saturated rings. The number of anilines is 1. The largest absolute Gasteiger partial charge is 0.348 e. The molecule has 3 rings (SSSR count). The Morgan fingerprint density at radius 3 is 3.06 bits per heavy atom. The normalized spacial score (nSPS) is 11.0. The van der Waals surface area contributed by atoms with E-state index in [1.165, 1.54) is 10.4 Å². The van der Waals surface area contributed by atoms with Gasteiger partial charge >= 0.3 is 0 Å². The first-order chi connectivity index (χ1) is 8.72. The number of nitrogens with zero attached hydrogens (tertiary/aromatic N) is 4. The first-order valence-electron chi connectivity index (χ1n) is 5.68.